The van der Waals surface area contributed by atoms with E-state index in [2.05, 4.69) is 17.3 Å². The van der Waals surface area contributed by atoms with Crippen LogP contribution in [-0.4, -0.2) is 69.3 Å². The van der Waals surface area contributed by atoms with E-state index in [4.69, 9.17) is 4.74 Å². The van der Waals surface area contributed by atoms with E-state index in [1.54, 1.807) is 16.4 Å². The van der Waals surface area contributed by atoms with Gasteiger partial charge >= 0.3 is 0 Å². The van der Waals surface area contributed by atoms with E-state index in [9.17, 15) is 9.59 Å². The molecule has 4 rings (SSSR count). The van der Waals surface area contributed by atoms with Crippen molar-refractivity contribution in [2.24, 2.45) is 11.8 Å². The van der Waals surface area contributed by atoms with Crippen LogP contribution in [0.3, 0.4) is 0 Å². The summed E-state index contributed by atoms with van der Waals surface area (Å²) < 4.78 is 8.18. The number of hydrogen-bond donors (Lipinski definition) is 1. The first-order valence-corrected chi connectivity index (χ1v) is 11.5. The van der Waals surface area contributed by atoms with Crippen LogP contribution in [0.25, 0.3) is 0 Å². The molecule has 4 heterocycles. The minimum Gasteiger partial charge on any atom is -0.369 e. The molecule has 3 aliphatic heterocycles. The minimum absolute atomic E-state index is 0.0701. The SMILES string of the molecule is CCSCC(=O)N1C[C@@H]2[C@H](CNC(=O)c3cn(CC)nc3C)[C@H]3CC[C@]2(C1)O3. The predicted octanol–water partition coefficient (Wildman–Crippen LogP) is 1.70. The Labute approximate surface area is 170 Å². The lowest BCUT2D eigenvalue weighted by Gasteiger charge is -2.29. The highest BCUT2D eigenvalue weighted by Gasteiger charge is 2.63. The topological polar surface area (TPSA) is 76.5 Å². The third-order valence-electron chi connectivity index (χ3n) is 6.58. The van der Waals surface area contributed by atoms with Crippen molar-refractivity contribution in [1.82, 2.24) is 20.0 Å². The molecule has 3 aliphatic rings. The Morgan fingerprint density at radius 1 is 1.43 bits per heavy atom. The molecule has 0 aromatic carbocycles. The fourth-order valence-corrected chi connectivity index (χ4v) is 5.70. The Morgan fingerprint density at radius 2 is 2.25 bits per heavy atom. The number of hydrogen-bond acceptors (Lipinski definition) is 5. The van der Waals surface area contributed by atoms with Gasteiger partial charge < -0.3 is 15.0 Å². The maximum atomic E-state index is 12.7. The molecular formula is C20H30N4O3S. The van der Waals surface area contributed by atoms with Gasteiger partial charge in [-0.15, -0.1) is 0 Å². The number of aryl methyl sites for hydroxylation is 2. The van der Waals surface area contributed by atoms with Crippen molar-refractivity contribution in [3.63, 3.8) is 0 Å². The molecule has 1 spiro atoms. The number of nitrogens with one attached hydrogen (secondary N) is 1. The average molecular weight is 407 g/mol. The summed E-state index contributed by atoms with van der Waals surface area (Å²) in [6.45, 7) is 8.76. The second-order valence-electron chi connectivity index (χ2n) is 8.14. The molecule has 0 unspecified atom stereocenters. The van der Waals surface area contributed by atoms with Gasteiger partial charge in [-0.05, 0) is 32.4 Å². The number of amides is 2. The second kappa shape index (κ2) is 7.71. The van der Waals surface area contributed by atoms with E-state index in [1.807, 2.05) is 24.9 Å². The zero-order chi connectivity index (χ0) is 19.9. The lowest BCUT2D eigenvalue weighted by Crippen LogP contribution is -2.42. The van der Waals surface area contributed by atoms with Crippen molar-refractivity contribution in [2.45, 2.75) is 51.9 Å². The molecule has 154 valence electrons. The highest BCUT2D eigenvalue weighted by atomic mass is 32.2. The molecule has 1 N–H and O–H groups in total. The summed E-state index contributed by atoms with van der Waals surface area (Å²) in [5, 5.41) is 7.47. The molecule has 2 amide bonds. The van der Waals surface area contributed by atoms with Crippen LogP contribution < -0.4 is 5.32 Å². The lowest BCUT2D eigenvalue weighted by atomic mass is 9.73. The van der Waals surface area contributed by atoms with Gasteiger partial charge in [-0.2, -0.15) is 16.9 Å². The van der Waals surface area contributed by atoms with E-state index in [-0.39, 0.29) is 29.4 Å². The van der Waals surface area contributed by atoms with Crippen LogP contribution in [0.5, 0.6) is 0 Å². The first kappa shape index (κ1) is 19.8. The molecular weight excluding hydrogens is 376 g/mol. The molecule has 4 atom stereocenters. The Balaban J connectivity index is 1.40. The van der Waals surface area contributed by atoms with Gasteiger partial charge in [0.05, 0.1) is 35.3 Å². The van der Waals surface area contributed by atoms with Crippen LogP contribution in [0.2, 0.25) is 0 Å². The van der Waals surface area contributed by atoms with E-state index < -0.39 is 0 Å². The van der Waals surface area contributed by atoms with Crippen LogP contribution in [0.15, 0.2) is 6.20 Å². The van der Waals surface area contributed by atoms with Crippen molar-refractivity contribution in [1.29, 1.82) is 0 Å². The van der Waals surface area contributed by atoms with Crippen LogP contribution >= 0.6 is 11.8 Å². The van der Waals surface area contributed by atoms with Gasteiger partial charge in [-0.1, -0.05) is 6.92 Å². The highest BCUT2D eigenvalue weighted by Crippen LogP contribution is 2.54. The number of fused-ring (bicyclic) bond motifs is 1. The highest BCUT2D eigenvalue weighted by molar-refractivity contribution is 7.99. The molecule has 2 bridgehead atoms. The summed E-state index contributed by atoms with van der Waals surface area (Å²) in [5.41, 5.74) is 1.21. The fraction of sp³-hybridized carbons (Fsp3) is 0.750. The summed E-state index contributed by atoms with van der Waals surface area (Å²) in [6.07, 6.45) is 4.06. The zero-order valence-corrected chi connectivity index (χ0v) is 17.8. The van der Waals surface area contributed by atoms with Crippen molar-refractivity contribution in [3.8, 4) is 0 Å². The Morgan fingerprint density at radius 3 is 2.96 bits per heavy atom. The normalized spacial score (nSPS) is 30.7. The first-order chi connectivity index (χ1) is 13.5. The molecule has 28 heavy (non-hydrogen) atoms. The van der Waals surface area contributed by atoms with Crippen LogP contribution in [0.4, 0.5) is 0 Å². The Kier molecular flexibility index (Phi) is 5.44. The number of carbonyl (C=O) groups is 2. The number of thioether (sulfide) groups is 1. The number of nitrogens with zero attached hydrogens (tertiary/aromatic N) is 3. The van der Waals surface area contributed by atoms with Gasteiger partial charge in [-0.3, -0.25) is 14.3 Å². The second-order valence-corrected chi connectivity index (χ2v) is 9.41. The minimum atomic E-state index is -0.185. The number of carbonyl (C=O) groups excluding carboxylic acids is 2. The molecule has 7 nitrogen and oxygen atoms in total. The van der Waals surface area contributed by atoms with Crippen molar-refractivity contribution in [3.05, 3.63) is 17.5 Å². The average Bonchev–Trinajstić information content (AvgIpc) is 3.42. The summed E-state index contributed by atoms with van der Waals surface area (Å²) in [5.74, 6) is 2.24. The van der Waals surface area contributed by atoms with Gasteiger partial charge in [0, 0.05) is 37.7 Å². The lowest BCUT2D eigenvalue weighted by molar-refractivity contribution is -0.128. The quantitative estimate of drug-likeness (QED) is 0.746. The van der Waals surface area contributed by atoms with Gasteiger partial charge in [0.2, 0.25) is 5.91 Å². The molecule has 8 heteroatoms. The van der Waals surface area contributed by atoms with E-state index in [0.29, 0.717) is 30.3 Å². The molecule has 3 fully saturated rings. The van der Waals surface area contributed by atoms with E-state index in [1.165, 1.54) is 0 Å². The monoisotopic (exact) mass is 406 g/mol. The Bertz CT molecular complexity index is 767. The molecule has 1 aromatic rings. The molecule has 1 aromatic heterocycles. The van der Waals surface area contributed by atoms with Gasteiger partial charge in [0.15, 0.2) is 0 Å². The number of rotatable bonds is 7. The van der Waals surface area contributed by atoms with Gasteiger partial charge in [-0.25, -0.2) is 0 Å². The van der Waals surface area contributed by atoms with E-state index >= 15 is 0 Å². The largest absolute Gasteiger partial charge is 0.369 e. The molecule has 0 saturated carbocycles. The van der Waals surface area contributed by atoms with Gasteiger partial charge in [0.25, 0.3) is 5.91 Å². The fourth-order valence-electron chi connectivity index (χ4n) is 5.14. The smallest absolute Gasteiger partial charge is 0.254 e. The number of ether oxygens (including phenoxy) is 1. The summed E-state index contributed by atoms with van der Waals surface area (Å²) in [7, 11) is 0. The molecule has 0 aliphatic carbocycles. The van der Waals surface area contributed by atoms with Crippen molar-refractivity contribution >= 4 is 23.6 Å². The standard InChI is InChI=1S/C20H30N4O3S/c1-4-24-9-15(13(3)22-24)19(26)21-8-14-16-10-23(18(25)11-28-5-2)12-20(16)7-6-17(14)27-20/h9,14,16-17H,4-8,10-12H2,1-3H3,(H,21,26)/t14-,16+,17+,20+/m0/s1. The maximum Gasteiger partial charge on any atom is 0.254 e. The molecule has 3 saturated heterocycles. The van der Waals surface area contributed by atoms with Crippen molar-refractivity contribution in [2.75, 3.05) is 31.1 Å². The first-order valence-electron chi connectivity index (χ1n) is 10.3. The summed E-state index contributed by atoms with van der Waals surface area (Å²) >= 11 is 1.67. The Hall–Kier alpha value is -1.54. The summed E-state index contributed by atoms with van der Waals surface area (Å²) in [4.78, 5) is 27.2. The van der Waals surface area contributed by atoms with Crippen LogP contribution in [0.1, 0.15) is 42.7 Å². The predicted molar refractivity (Wildman–Crippen MR) is 108 cm³/mol. The maximum absolute atomic E-state index is 12.7. The van der Waals surface area contributed by atoms with Crippen molar-refractivity contribution < 1.29 is 14.3 Å². The van der Waals surface area contributed by atoms with E-state index in [0.717, 1.165) is 37.4 Å². The number of likely N-dealkylation sites (tertiary alicyclic amines) is 1. The molecule has 0 radical (unpaired) electrons. The summed E-state index contributed by atoms with van der Waals surface area (Å²) in [6, 6.07) is 0. The third kappa shape index (κ3) is 3.34. The van der Waals surface area contributed by atoms with Crippen LogP contribution in [0, 0.1) is 18.8 Å². The van der Waals surface area contributed by atoms with Gasteiger partial charge in [0.1, 0.15) is 0 Å². The third-order valence-corrected chi connectivity index (χ3v) is 7.44. The van der Waals surface area contributed by atoms with Crippen LogP contribution in [-0.2, 0) is 16.1 Å². The zero-order valence-electron chi connectivity index (χ0n) is 16.9. The number of aromatic nitrogens is 2.